The third-order valence-electron chi connectivity index (χ3n) is 5.41. The van der Waals surface area contributed by atoms with Crippen LogP contribution in [-0.2, 0) is 23.7 Å². The fourth-order valence-electron chi connectivity index (χ4n) is 3.92. The highest BCUT2D eigenvalue weighted by atomic mass is 35.5. The molecule has 2 fully saturated rings. The quantitative estimate of drug-likeness (QED) is 0.855. The number of amides is 1. The van der Waals surface area contributed by atoms with E-state index in [4.69, 9.17) is 11.6 Å². The molecule has 5 heteroatoms. The molecular weight excluding hydrogens is 322 g/mol. The average molecular weight is 344 g/mol. The van der Waals surface area contributed by atoms with Crippen LogP contribution < -0.4 is 0 Å². The number of carbonyl (C=O) groups excluding carboxylic acids is 1. The van der Waals surface area contributed by atoms with E-state index < -0.39 is 0 Å². The Morgan fingerprint density at radius 1 is 1.33 bits per heavy atom. The summed E-state index contributed by atoms with van der Waals surface area (Å²) in [6.07, 6.45) is 8.00. The number of rotatable bonds is 4. The third kappa shape index (κ3) is 2.84. The summed E-state index contributed by atoms with van der Waals surface area (Å²) in [5, 5.41) is 4.96. The van der Waals surface area contributed by atoms with E-state index >= 15 is 0 Å². The van der Waals surface area contributed by atoms with Crippen LogP contribution in [0.2, 0.25) is 5.02 Å². The number of halogens is 1. The standard InChI is InChI=1S/C19H22ClN3O/c1-22-12-15(11-21-22)10-14-6-9-23(13-14)18(24)19(7-8-19)16-2-4-17(20)5-3-16/h2-5,11-12,14H,6-10,13H2,1H3. The van der Waals surface area contributed by atoms with E-state index in [2.05, 4.69) is 16.2 Å². The Morgan fingerprint density at radius 2 is 2.08 bits per heavy atom. The molecule has 2 aromatic rings. The Kier molecular flexibility index (Phi) is 3.87. The highest BCUT2D eigenvalue weighted by molar-refractivity contribution is 6.30. The fraction of sp³-hybridized carbons (Fsp3) is 0.474. The molecule has 1 amide bonds. The van der Waals surface area contributed by atoms with Gasteiger partial charge in [0, 0.05) is 31.4 Å². The SMILES string of the molecule is Cn1cc(CC2CCN(C(=O)C3(c4ccc(Cl)cc4)CC3)C2)cn1. The van der Waals surface area contributed by atoms with Crippen molar-refractivity contribution in [2.24, 2.45) is 13.0 Å². The first-order valence-corrected chi connectivity index (χ1v) is 8.97. The molecule has 126 valence electrons. The Morgan fingerprint density at radius 3 is 2.71 bits per heavy atom. The second-order valence-corrected chi connectivity index (χ2v) is 7.66. The van der Waals surface area contributed by atoms with Crippen molar-refractivity contribution in [1.82, 2.24) is 14.7 Å². The number of aryl methyl sites for hydroxylation is 1. The van der Waals surface area contributed by atoms with Crippen molar-refractivity contribution in [2.75, 3.05) is 13.1 Å². The predicted octanol–water partition coefficient (Wildman–Crippen LogP) is 3.20. The monoisotopic (exact) mass is 343 g/mol. The Hall–Kier alpha value is -1.81. The number of hydrogen-bond acceptors (Lipinski definition) is 2. The minimum absolute atomic E-state index is 0.284. The third-order valence-corrected chi connectivity index (χ3v) is 5.66. The van der Waals surface area contributed by atoms with E-state index in [1.54, 1.807) is 0 Å². The smallest absolute Gasteiger partial charge is 0.233 e. The average Bonchev–Trinajstić information content (AvgIpc) is 3.08. The van der Waals surface area contributed by atoms with Crippen LogP contribution in [0.3, 0.4) is 0 Å². The number of aromatic nitrogens is 2. The molecule has 1 saturated heterocycles. The predicted molar refractivity (Wildman–Crippen MR) is 94.0 cm³/mol. The molecule has 0 N–H and O–H groups in total. The summed E-state index contributed by atoms with van der Waals surface area (Å²) in [5.41, 5.74) is 2.09. The highest BCUT2D eigenvalue weighted by Gasteiger charge is 2.53. The molecule has 1 aliphatic carbocycles. The van der Waals surface area contributed by atoms with E-state index in [9.17, 15) is 4.79 Å². The van der Waals surface area contributed by atoms with Gasteiger partial charge >= 0.3 is 0 Å². The summed E-state index contributed by atoms with van der Waals surface area (Å²) >= 11 is 5.98. The van der Waals surface area contributed by atoms with Crippen molar-refractivity contribution in [3.05, 3.63) is 52.8 Å². The summed E-state index contributed by atoms with van der Waals surface area (Å²) in [7, 11) is 1.94. The van der Waals surface area contributed by atoms with E-state index in [0.29, 0.717) is 11.8 Å². The van der Waals surface area contributed by atoms with Crippen molar-refractivity contribution >= 4 is 17.5 Å². The summed E-state index contributed by atoms with van der Waals surface area (Å²) in [6.45, 7) is 1.74. The summed E-state index contributed by atoms with van der Waals surface area (Å²) in [6, 6.07) is 7.80. The topological polar surface area (TPSA) is 38.1 Å². The van der Waals surface area contributed by atoms with Gasteiger partial charge < -0.3 is 4.90 Å². The van der Waals surface area contributed by atoms with Crippen LogP contribution in [0.1, 0.15) is 30.4 Å². The Labute approximate surface area is 147 Å². The van der Waals surface area contributed by atoms with Crippen LogP contribution >= 0.6 is 11.6 Å². The molecule has 2 heterocycles. The van der Waals surface area contributed by atoms with Gasteiger partial charge in [0.15, 0.2) is 0 Å². The molecule has 4 nitrogen and oxygen atoms in total. The van der Waals surface area contributed by atoms with Crippen LogP contribution in [0.25, 0.3) is 0 Å². The molecule has 24 heavy (non-hydrogen) atoms. The zero-order valence-electron chi connectivity index (χ0n) is 13.9. The molecule has 1 aromatic carbocycles. The van der Waals surface area contributed by atoms with Gasteiger partial charge in [0.25, 0.3) is 0 Å². The first-order chi connectivity index (χ1) is 11.6. The van der Waals surface area contributed by atoms with Crippen LogP contribution in [0.4, 0.5) is 0 Å². The molecule has 1 aromatic heterocycles. The molecule has 1 saturated carbocycles. The fourth-order valence-corrected chi connectivity index (χ4v) is 4.04. The van der Waals surface area contributed by atoms with Gasteiger partial charge in [-0.1, -0.05) is 23.7 Å². The second-order valence-electron chi connectivity index (χ2n) is 7.22. The van der Waals surface area contributed by atoms with Gasteiger partial charge in [-0.25, -0.2) is 0 Å². The summed E-state index contributed by atoms with van der Waals surface area (Å²) in [4.78, 5) is 15.2. The minimum atomic E-state index is -0.284. The largest absolute Gasteiger partial charge is 0.342 e. The van der Waals surface area contributed by atoms with Crippen molar-refractivity contribution < 1.29 is 4.79 Å². The molecule has 0 spiro atoms. The normalized spacial score (nSPS) is 21.9. The molecule has 1 aliphatic heterocycles. The van der Waals surface area contributed by atoms with E-state index in [1.165, 1.54) is 5.56 Å². The zero-order valence-corrected chi connectivity index (χ0v) is 14.7. The van der Waals surface area contributed by atoms with Gasteiger partial charge in [-0.05, 0) is 54.9 Å². The van der Waals surface area contributed by atoms with Gasteiger partial charge in [-0.3, -0.25) is 9.48 Å². The molecule has 0 bridgehead atoms. The van der Waals surface area contributed by atoms with E-state index in [-0.39, 0.29) is 5.41 Å². The first-order valence-electron chi connectivity index (χ1n) is 8.60. The van der Waals surface area contributed by atoms with Gasteiger partial charge in [0.2, 0.25) is 5.91 Å². The maximum Gasteiger partial charge on any atom is 0.233 e. The molecule has 2 aliphatic rings. The second kappa shape index (κ2) is 5.92. The molecule has 0 radical (unpaired) electrons. The van der Waals surface area contributed by atoms with Gasteiger partial charge in [-0.15, -0.1) is 0 Å². The lowest BCUT2D eigenvalue weighted by molar-refractivity contribution is -0.133. The number of likely N-dealkylation sites (tertiary alicyclic amines) is 1. The van der Waals surface area contributed by atoms with Gasteiger partial charge in [-0.2, -0.15) is 5.10 Å². The van der Waals surface area contributed by atoms with Crippen LogP contribution in [0.5, 0.6) is 0 Å². The van der Waals surface area contributed by atoms with E-state index in [1.807, 2.05) is 42.2 Å². The van der Waals surface area contributed by atoms with E-state index in [0.717, 1.165) is 49.4 Å². The van der Waals surface area contributed by atoms with Crippen molar-refractivity contribution in [3.63, 3.8) is 0 Å². The van der Waals surface area contributed by atoms with Crippen molar-refractivity contribution in [1.29, 1.82) is 0 Å². The molecule has 1 atom stereocenters. The van der Waals surface area contributed by atoms with Crippen LogP contribution in [0.15, 0.2) is 36.7 Å². The molecule has 4 rings (SSSR count). The number of carbonyl (C=O) groups is 1. The van der Waals surface area contributed by atoms with Gasteiger partial charge in [0.05, 0.1) is 11.6 Å². The lowest BCUT2D eigenvalue weighted by Gasteiger charge is -2.23. The lowest BCUT2D eigenvalue weighted by Crippen LogP contribution is -2.38. The Balaban J connectivity index is 1.43. The molecule has 1 unspecified atom stereocenters. The Bertz CT molecular complexity index is 748. The highest BCUT2D eigenvalue weighted by Crippen LogP contribution is 2.50. The lowest BCUT2D eigenvalue weighted by atomic mass is 9.94. The zero-order chi connectivity index (χ0) is 16.7. The summed E-state index contributed by atoms with van der Waals surface area (Å²) < 4.78 is 1.84. The minimum Gasteiger partial charge on any atom is -0.342 e. The number of hydrogen-bond donors (Lipinski definition) is 0. The van der Waals surface area contributed by atoms with Crippen molar-refractivity contribution in [3.8, 4) is 0 Å². The summed E-state index contributed by atoms with van der Waals surface area (Å²) in [5.74, 6) is 0.845. The first kappa shape index (κ1) is 15.7. The number of benzene rings is 1. The van der Waals surface area contributed by atoms with Crippen LogP contribution in [0, 0.1) is 5.92 Å². The van der Waals surface area contributed by atoms with Gasteiger partial charge in [0.1, 0.15) is 0 Å². The van der Waals surface area contributed by atoms with Crippen molar-refractivity contribution in [2.45, 2.75) is 31.1 Å². The van der Waals surface area contributed by atoms with Crippen LogP contribution in [-0.4, -0.2) is 33.7 Å². The maximum absolute atomic E-state index is 13.1. The number of nitrogens with zero attached hydrogens (tertiary/aromatic N) is 3. The molecular formula is C19H22ClN3O. The maximum atomic E-state index is 13.1.